The number of aromatic nitrogens is 2. The van der Waals surface area contributed by atoms with Gasteiger partial charge in [0, 0.05) is 42.1 Å². The van der Waals surface area contributed by atoms with Gasteiger partial charge in [-0.2, -0.15) is 0 Å². The Balaban J connectivity index is 1.45. The van der Waals surface area contributed by atoms with Crippen molar-refractivity contribution in [3.05, 3.63) is 52.4 Å². The summed E-state index contributed by atoms with van der Waals surface area (Å²) in [6.07, 6.45) is 4.25. The van der Waals surface area contributed by atoms with Gasteiger partial charge in [-0.15, -0.1) is 0 Å². The molecule has 0 bridgehead atoms. The number of halogens is 1. The van der Waals surface area contributed by atoms with E-state index in [0.29, 0.717) is 17.5 Å². The first-order chi connectivity index (χ1) is 15.9. The maximum Gasteiger partial charge on any atom is 0.226 e. The highest BCUT2D eigenvalue weighted by Crippen LogP contribution is 2.36. The lowest BCUT2D eigenvalue weighted by atomic mass is 9.96. The molecule has 2 N–H and O–H groups in total. The third-order valence-corrected chi connectivity index (χ3v) is 7.93. The maximum absolute atomic E-state index is 12.5. The summed E-state index contributed by atoms with van der Waals surface area (Å²) in [5.74, 6) is 0.403. The van der Waals surface area contributed by atoms with E-state index in [1.54, 1.807) is 0 Å². The Morgan fingerprint density at radius 2 is 2.00 bits per heavy atom. The number of thiazole rings is 1. The number of anilines is 2. The predicted molar refractivity (Wildman–Crippen MR) is 137 cm³/mol. The molecule has 0 saturated carbocycles. The molecule has 174 valence electrons. The smallest absolute Gasteiger partial charge is 0.226 e. The van der Waals surface area contributed by atoms with Crippen molar-refractivity contribution in [3.8, 4) is 10.4 Å². The first-order valence-corrected chi connectivity index (χ1v) is 12.9. The molecule has 0 aliphatic carbocycles. The highest BCUT2D eigenvalue weighted by molar-refractivity contribution is 8.00. The third kappa shape index (κ3) is 6.26. The van der Waals surface area contributed by atoms with Crippen LogP contribution >= 0.6 is 34.9 Å². The maximum atomic E-state index is 12.5. The number of carbonyl (C=O) groups excluding carboxylic acids is 1. The number of pyridine rings is 1. The molecule has 3 aromatic rings. The van der Waals surface area contributed by atoms with E-state index in [2.05, 4.69) is 26.1 Å². The van der Waals surface area contributed by atoms with Gasteiger partial charge in [-0.05, 0) is 81.3 Å². The topological polar surface area (TPSA) is 76.1 Å². The standard InChI is InChI=1S/C24H27ClN4O2S2/c1-14-10-19(25)4-5-20(14)29-33-21-12-18(13-26-15(21)2)23-16(3)27-24(32-23)28-22(30)11-17-6-8-31-9-7-17/h4-5,10,12-13,17,29H,6-9,11H2,1-3H3,(H,27,28,30). The molecular formula is C24H27ClN4O2S2. The molecular weight excluding hydrogens is 476 g/mol. The van der Waals surface area contributed by atoms with Gasteiger partial charge in [-0.1, -0.05) is 22.9 Å². The lowest BCUT2D eigenvalue weighted by Crippen LogP contribution is -2.22. The largest absolute Gasteiger partial charge is 0.381 e. The summed E-state index contributed by atoms with van der Waals surface area (Å²) >= 11 is 9.07. The quantitative estimate of drug-likeness (QED) is 0.352. The van der Waals surface area contributed by atoms with E-state index in [9.17, 15) is 4.79 Å². The first-order valence-electron chi connectivity index (χ1n) is 10.9. The van der Waals surface area contributed by atoms with Crippen molar-refractivity contribution >= 4 is 51.6 Å². The number of carbonyl (C=O) groups is 1. The van der Waals surface area contributed by atoms with Crippen molar-refractivity contribution in [1.82, 2.24) is 9.97 Å². The zero-order valence-electron chi connectivity index (χ0n) is 18.9. The molecule has 1 aliphatic heterocycles. The summed E-state index contributed by atoms with van der Waals surface area (Å²) in [5.41, 5.74) is 4.89. The van der Waals surface area contributed by atoms with Gasteiger partial charge >= 0.3 is 0 Å². The number of nitrogens with one attached hydrogen (secondary N) is 2. The van der Waals surface area contributed by atoms with E-state index in [-0.39, 0.29) is 5.91 Å². The third-order valence-electron chi connectivity index (χ3n) is 5.62. The van der Waals surface area contributed by atoms with Crippen molar-refractivity contribution in [2.45, 2.75) is 44.9 Å². The number of hydrogen-bond donors (Lipinski definition) is 2. The number of aryl methyl sites for hydroxylation is 3. The summed E-state index contributed by atoms with van der Waals surface area (Å²) in [4.78, 5) is 23.7. The molecule has 6 nitrogen and oxygen atoms in total. The van der Waals surface area contributed by atoms with E-state index in [1.807, 2.05) is 45.2 Å². The van der Waals surface area contributed by atoms with Crippen LogP contribution in [0.1, 0.15) is 36.2 Å². The van der Waals surface area contributed by atoms with Crippen molar-refractivity contribution in [3.63, 3.8) is 0 Å². The SMILES string of the molecule is Cc1cc(Cl)ccc1NSc1cc(-c2sc(NC(=O)CC3CCOCC3)nc2C)cnc1C. The Morgan fingerprint density at radius 3 is 2.76 bits per heavy atom. The molecule has 9 heteroatoms. The zero-order valence-corrected chi connectivity index (χ0v) is 21.3. The Morgan fingerprint density at radius 1 is 1.21 bits per heavy atom. The molecule has 1 saturated heterocycles. The van der Waals surface area contributed by atoms with Crippen LogP contribution in [0.4, 0.5) is 10.8 Å². The lowest BCUT2D eigenvalue weighted by Gasteiger charge is -2.20. The van der Waals surface area contributed by atoms with Crippen LogP contribution in [-0.4, -0.2) is 29.1 Å². The van der Waals surface area contributed by atoms with Crippen LogP contribution in [0, 0.1) is 26.7 Å². The number of amides is 1. The molecule has 3 heterocycles. The van der Waals surface area contributed by atoms with E-state index >= 15 is 0 Å². The average Bonchev–Trinajstić information content (AvgIpc) is 3.14. The fourth-order valence-corrected chi connectivity index (χ4v) is 5.72. The Hall–Kier alpha value is -2.13. The van der Waals surface area contributed by atoms with Crippen LogP contribution in [0.15, 0.2) is 35.4 Å². The highest BCUT2D eigenvalue weighted by Gasteiger charge is 2.19. The second-order valence-electron chi connectivity index (χ2n) is 8.21. The first kappa shape index (κ1) is 24.0. The number of benzene rings is 1. The minimum absolute atomic E-state index is 0.0167. The summed E-state index contributed by atoms with van der Waals surface area (Å²) in [6.45, 7) is 7.46. The fourth-order valence-electron chi connectivity index (χ4n) is 3.69. The van der Waals surface area contributed by atoms with Crippen LogP contribution in [0.5, 0.6) is 0 Å². The number of nitrogens with zero attached hydrogens (tertiary/aromatic N) is 2. The molecule has 1 aromatic carbocycles. The minimum Gasteiger partial charge on any atom is -0.381 e. The van der Waals surface area contributed by atoms with Crippen LogP contribution in [0.25, 0.3) is 10.4 Å². The molecule has 1 aliphatic rings. The highest BCUT2D eigenvalue weighted by atomic mass is 35.5. The van der Waals surface area contributed by atoms with Gasteiger partial charge in [-0.3, -0.25) is 9.78 Å². The van der Waals surface area contributed by atoms with Gasteiger partial charge in [0.05, 0.1) is 21.2 Å². The van der Waals surface area contributed by atoms with Crippen LogP contribution in [0.2, 0.25) is 5.02 Å². The minimum atomic E-state index is 0.0167. The van der Waals surface area contributed by atoms with Crippen LogP contribution in [-0.2, 0) is 9.53 Å². The van der Waals surface area contributed by atoms with Crippen molar-refractivity contribution < 1.29 is 9.53 Å². The summed E-state index contributed by atoms with van der Waals surface area (Å²) in [6, 6.07) is 7.89. The van der Waals surface area contributed by atoms with E-state index < -0.39 is 0 Å². The summed E-state index contributed by atoms with van der Waals surface area (Å²) in [5, 5.41) is 4.33. The Kier molecular flexibility index (Phi) is 7.90. The molecule has 4 rings (SSSR count). The fraction of sp³-hybridized carbons (Fsp3) is 0.375. The van der Waals surface area contributed by atoms with Gasteiger partial charge in [0.25, 0.3) is 0 Å². The molecule has 1 amide bonds. The molecule has 0 spiro atoms. The molecule has 1 fully saturated rings. The Bertz CT molecular complexity index is 1150. The predicted octanol–water partition coefficient (Wildman–Crippen LogP) is 6.66. The van der Waals surface area contributed by atoms with Gasteiger partial charge in [0.2, 0.25) is 5.91 Å². The summed E-state index contributed by atoms with van der Waals surface area (Å²) < 4.78 is 8.78. The number of hydrogen-bond acceptors (Lipinski definition) is 7. The van der Waals surface area contributed by atoms with E-state index in [0.717, 1.165) is 69.1 Å². The molecule has 0 atom stereocenters. The van der Waals surface area contributed by atoms with Crippen molar-refractivity contribution in [2.24, 2.45) is 5.92 Å². The van der Waals surface area contributed by atoms with Gasteiger partial charge in [-0.25, -0.2) is 4.98 Å². The Labute approximate surface area is 207 Å². The van der Waals surface area contributed by atoms with Gasteiger partial charge in [0.15, 0.2) is 5.13 Å². The summed E-state index contributed by atoms with van der Waals surface area (Å²) in [7, 11) is 0. The van der Waals surface area contributed by atoms with E-state index in [1.165, 1.54) is 23.3 Å². The monoisotopic (exact) mass is 502 g/mol. The van der Waals surface area contributed by atoms with Crippen molar-refractivity contribution in [2.75, 3.05) is 23.3 Å². The van der Waals surface area contributed by atoms with Gasteiger partial charge < -0.3 is 14.8 Å². The van der Waals surface area contributed by atoms with Crippen LogP contribution < -0.4 is 10.0 Å². The number of ether oxygens (including phenoxy) is 1. The van der Waals surface area contributed by atoms with Crippen molar-refractivity contribution in [1.29, 1.82) is 0 Å². The van der Waals surface area contributed by atoms with Gasteiger partial charge in [0.1, 0.15) is 0 Å². The second kappa shape index (κ2) is 10.9. The molecule has 2 aromatic heterocycles. The number of rotatable bonds is 7. The average molecular weight is 503 g/mol. The molecule has 33 heavy (non-hydrogen) atoms. The van der Waals surface area contributed by atoms with E-state index in [4.69, 9.17) is 16.3 Å². The second-order valence-corrected chi connectivity index (χ2v) is 10.5. The zero-order chi connectivity index (χ0) is 23.4. The molecule has 0 unspecified atom stereocenters. The normalized spacial score (nSPS) is 14.3. The lowest BCUT2D eigenvalue weighted by molar-refractivity contribution is -0.117. The van der Waals surface area contributed by atoms with Crippen LogP contribution in [0.3, 0.4) is 0 Å². The molecule has 0 radical (unpaired) electrons.